The van der Waals surface area contributed by atoms with E-state index in [0.29, 0.717) is 24.3 Å². The van der Waals surface area contributed by atoms with Crippen molar-refractivity contribution in [2.75, 3.05) is 18.5 Å². The van der Waals surface area contributed by atoms with Gasteiger partial charge in [-0.2, -0.15) is 0 Å². The monoisotopic (exact) mass is 453 g/mol. The molecule has 0 aliphatic carbocycles. The lowest BCUT2D eigenvalue weighted by Gasteiger charge is -2.07. The second-order valence-electron chi connectivity index (χ2n) is 7.16. The van der Waals surface area contributed by atoms with Crippen molar-refractivity contribution in [3.05, 3.63) is 82.0 Å². The van der Waals surface area contributed by atoms with Gasteiger partial charge in [-0.05, 0) is 43.2 Å². The van der Waals surface area contributed by atoms with E-state index in [1.54, 1.807) is 42.9 Å². The van der Waals surface area contributed by atoms with E-state index in [-0.39, 0.29) is 23.7 Å². The third-order valence-corrected chi connectivity index (χ3v) is 4.89. The number of carbonyl (C=O) groups excluding carboxylic acids is 2. The predicted molar refractivity (Wildman–Crippen MR) is 122 cm³/mol. The van der Waals surface area contributed by atoms with Crippen LogP contribution in [0.25, 0.3) is 5.69 Å². The van der Waals surface area contributed by atoms with Gasteiger partial charge in [-0.3, -0.25) is 19.1 Å². The van der Waals surface area contributed by atoms with Crippen LogP contribution < -0.4 is 16.2 Å². The summed E-state index contributed by atoms with van der Waals surface area (Å²) in [5, 5.41) is 8.61. The predicted octanol–water partition coefficient (Wildman–Crippen LogP) is 1.92. The highest BCUT2D eigenvalue weighted by molar-refractivity contribution is 6.31. The number of carbonyl (C=O) groups is 2. The summed E-state index contributed by atoms with van der Waals surface area (Å²) in [5.41, 5.74) is 1.85. The summed E-state index contributed by atoms with van der Waals surface area (Å²) in [6, 6.07) is 15.0. The summed E-state index contributed by atoms with van der Waals surface area (Å²) in [6.07, 6.45) is 1.39. The number of nitrogens with one attached hydrogen (secondary N) is 2. The molecule has 3 rings (SSSR count). The molecule has 0 spiro atoms. The topological polar surface area (TPSA) is 107 Å². The summed E-state index contributed by atoms with van der Waals surface area (Å²) in [5.74, 6) is -1.40. The van der Waals surface area contributed by atoms with Crippen LogP contribution in [-0.4, -0.2) is 40.5 Å². The average Bonchev–Trinajstić information content (AvgIpc) is 3.01. The Hall–Kier alpha value is -4.21. The van der Waals surface area contributed by atoms with Gasteiger partial charge < -0.3 is 15.5 Å². The smallest absolute Gasteiger partial charge is 0.295 e. The molecule has 172 valence electrons. The van der Waals surface area contributed by atoms with Crippen molar-refractivity contribution in [2.45, 2.75) is 13.3 Å². The van der Waals surface area contributed by atoms with Gasteiger partial charge in [0.1, 0.15) is 17.7 Å². The normalized spacial score (nSPS) is 10.9. The maximum absolute atomic E-state index is 12.9. The van der Waals surface area contributed by atoms with E-state index in [1.807, 2.05) is 18.2 Å². The maximum Gasteiger partial charge on any atom is 0.295 e. The first-order valence-electron chi connectivity index (χ1n) is 10.2. The summed E-state index contributed by atoms with van der Waals surface area (Å²) in [7, 11) is 1.71. The number of amides is 2. The fourth-order valence-electron chi connectivity index (χ4n) is 3.10. The van der Waals surface area contributed by atoms with Crippen molar-refractivity contribution in [2.24, 2.45) is 12.2 Å². The average molecular weight is 453 g/mol. The highest BCUT2D eigenvalue weighted by Gasteiger charge is 2.17. The molecule has 2 aromatic carbocycles. The highest BCUT2D eigenvalue weighted by atomic mass is 19.1. The number of benzene rings is 2. The summed E-state index contributed by atoms with van der Waals surface area (Å²) in [6.45, 7) is 1.68. The Labute approximate surface area is 189 Å². The standard InChI is InChI=1S/C23H24FN5O4/c1-16-22(23(32)29(28(16)2)19-6-4-3-5-7-19)27-20(30)14-26-33-15-21(31)25-13-12-17-8-10-18(24)11-9-17/h3-11,14H,12-13,15H2,1-2H3,(H,25,31)(H,27,30). The lowest BCUT2D eigenvalue weighted by molar-refractivity contribution is -0.125. The molecule has 0 saturated carbocycles. The number of rotatable bonds is 9. The van der Waals surface area contributed by atoms with E-state index < -0.39 is 11.8 Å². The van der Waals surface area contributed by atoms with Crippen molar-refractivity contribution in [1.29, 1.82) is 0 Å². The van der Waals surface area contributed by atoms with Gasteiger partial charge in [-0.25, -0.2) is 9.07 Å². The Kier molecular flexibility index (Phi) is 7.74. The lowest BCUT2D eigenvalue weighted by atomic mass is 10.1. The SMILES string of the molecule is Cc1c(NC(=O)C=NOCC(=O)NCCc2ccc(F)cc2)c(=O)n(-c2ccccc2)n1C. The van der Waals surface area contributed by atoms with E-state index >= 15 is 0 Å². The Morgan fingerprint density at radius 1 is 1.12 bits per heavy atom. The van der Waals surface area contributed by atoms with Crippen molar-refractivity contribution < 1.29 is 18.8 Å². The Balaban J connectivity index is 1.47. The van der Waals surface area contributed by atoms with Crippen LogP contribution in [-0.2, 0) is 27.9 Å². The Morgan fingerprint density at radius 3 is 2.52 bits per heavy atom. The molecule has 0 unspecified atom stereocenters. The molecule has 0 aliphatic rings. The number of halogens is 1. The fourth-order valence-corrected chi connectivity index (χ4v) is 3.10. The molecule has 2 amide bonds. The second kappa shape index (κ2) is 10.9. The van der Waals surface area contributed by atoms with E-state index in [4.69, 9.17) is 4.84 Å². The molecule has 0 radical (unpaired) electrons. The Morgan fingerprint density at radius 2 is 1.82 bits per heavy atom. The van der Waals surface area contributed by atoms with Crippen LogP contribution in [0.5, 0.6) is 0 Å². The van der Waals surface area contributed by atoms with Gasteiger partial charge in [0.25, 0.3) is 17.4 Å². The third-order valence-electron chi connectivity index (χ3n) is 4.89. The number of aromatic nitrogens is 2. The van der Waals surface area contributed by atoms with Gasteiger partial charge in [-0.1, -0.05) is 35.5 Å². The molecule has 9 nitrogen and oxygen atoms in total. The Bertz CT molecular complexity index is 1200. The van der Waals surface area contributed by atoms with Crippen LogP contribution >= 0.6 is 0 Å². The van der Waals surface area contributed by atoms with Crippen molar-refractivity contribution in [1.82, 2.24) is 14.7 Å². The van der Waals surface area contributed by atoms with Gasteiger partial charge >= 0.3 is 0 Å². The summed E-state index contributed by atoms with van der Waals surface area (Å²) in [4.78, 5) is 41.5. The van der Waals surface area contributed by atoms with Crippen LogP contribution in [0.3, 0.4) is 0 Å². The van der Waals surface area contributed by atoms with Gasteiger partial charge in [0.15, 0.2) is 6.61 Å². The van der Waals surface area contributed by atoms with Crippen molar-refractivity contribution in [3.63, 3.8) is 0 Å². The first kappa shape index (κ1) is 23.5. The van der Waals surface area contributed by atoms with Gasteiger partial charge in [0.2, 0.25) is 0 Å². The number of hydrogen-bond acceptors (Lipinski definition) is 5. The first-order chi connectivity index (χ1) is 15.9. The molecule has 0 atom stereocenters. The fraction of sp³-hybridized carbons (Fsp3) is 0.217. The maximum atomic E-state index is 12.9. The van der Waals surface area contributed by atoms with E-state index in [1.165, 1.54) is 16.8 Å². The van der Waals surface area contributed by atoms with E-state index in [0.717, 1.165) is 11.8 Å². The van der Waals surface area contributed by atoms with Gasteiger partial charge in [0, 0.05) is 13.6 Å². The van der Waals surface area contributed by atoms with Crippen LogP contribution in [0.15, 0.2) is 64.5 Å². The zero-order valence-electron chi connectivity index (χ0n) is 18.2. The largest absolute Gasteiger partial charge is 0.386 e. The number of oxime groups is 1. The number of hydrogen-bond donors (Lipinski definition) is 2. The van der Waals surface area contributed by atoms with Crippen LogP contribution in [0.4, 0.5) is 10.1 Å². The lowest BCUT2D eigenvalue weighted by Crippen LogP contribution is -2.29. The molecule has 2 N–H and O–H groups in total. The van der Waals surface area contributed by atoms with E-state index in [2.05, 4.69) is 15.8 Å². The molecular weight excluding hydrogens is 429 g/mol. The molecule has 1 aromatic heterocycles. The molecule has 0 fully saturated rings. The highest BCUT2D eigenvalue weighted by Crippen LogP contribution is 2.13. The summed E-state index contributed by atoms with van der Waals surface area (Å²) < 4.78 is 15.9. The van der Waals surface area contributed by atoms with Crippen molar-refractivity contribution in [3.8, 4) is 5.69 Å². The minimum absolute atomic E-state index is 0.122. The molecule has 3 aromatic rings. The minimum Gasteiger partial charge on any atom is -0.386 e. The molecule has 1 heterocycles. The summed E-state index contributed by atoms with van der Waals surface area (Å²) >= 11 is 0. The number of para-hydroxylation sites is 1. The molecular formula is C23H24FN5O4. The number of nitrogens with zero attached hydrogens (tertiary/aromatic N) is 3. The zero-order chi connectivity index (χ0) is 23.8. The molecule has 33 heavy (non-hydrogen) atoms. The molecule has 0 bridgehead atoms. The van der Waals surface area contributed by atoms with Gasteiger partial charge in [-0.15, -0.1) is 0 Å². The van der Waals surface area contributed by atoms with Crippen LogP contribution in [0.1, 0.15) is 11.3 Å². The third kappa shape index (κ3) is 6.16. The second-order valence-corrected chi connectivity index (χ2v) is 7.16. The zero-order valence-corrected chi connectivity index (χ0v) is 18.2. The first-order valence-corrected chi connectivity index (χ1v) is 10.2. The number of anilines is 1. The van der Waals surface area contributed by atoms with E-state index in [9.17, 15) is 18.8 Å². The van der Waals surface area contributed by atoms with Crippen LogP contribution in [0, 0.1) is 12.7 Å². The molecule has 0 aliphatic heterocycles. The quantitative estimate of drug-likeness (QED) is 0.381. The van der Waals surface area contributed by atoms with Crippen LogP contribution in [0.2, 0.25) is 0 Å². The van der Waals surface area contributed by atoms with Gasteiger partial charge in [0.05, 0.1) is 11.4 Å². The molecule has 10 heteroatoms. The minimum atomic E-state index is -0.669. The van der Waals surface area contributed by atoms with Crippen molar-refractivity contribution >= 4 is 23.7 Å². The molecule has 0 saturated heterocycles.